The third-order valence-corrected chi connectivity index (χ3v) is 2.34. The predicted molar refractivity (Wildman–Crippen MR) is 63.7 cm³/mol. The molecule has 1 rings (SSSR count). The van der Waals surface area contributed by atoms with Gasteiger partial charge < -0.3 is 19.8 Å². The topological polar surface area (TPSA) is 79.4 Å². The van der Waals surface area contributed by atoms with Crippen LogP contribution in [0.4, 0.5) is 5.82 Å². The van der Waals surface area contributed by atoms with E-state index in [9.17, 15) is 4.79 Å². The number of rotatable bonds is 7. The van der Waals surface area contributed by atoms with E-state index in [-0.39, 0.29) is 5.69 Å². The third-order valence-electron chi connectivity index (χ3n) is 2.34. The van der Waals surface area contributed by atoms with E-state index in [4.69, 9.17) is 15.2 Å². The molecule has 0 aromatic carbocycles. The SMILES string of the molecule is CCOC(=O)c1ncn(CCCCOC)c1N. The Labute approximate surface area is 101 Å². The van der Waals surface area contributed by atoms with E-state index < -0.39 is 5.97 Å². The Morgan fingerprint density at radius 3 is 2.94 bits per heavy atom. The fourth-order valence-corrected chi connectivity index (χ4v) is 1.46. The molecule has 1 heterocycles. The molecule has 0 aliphatic rings. The van der Waals surface area contributed by atoms with Crippen molar-refractivity contribution in [3.63, 3.8) is 0 Å². The summed E-state index contributed by atoms with van der Waals surface area (Å²) < 4.78 is 11.6. The molecule has 0 aliphatic heterocycles. The van der Waals surface area contributed by atoms with Crippen LogP contribution in [0.25, 0.3) is 0 Å². The van der Waals surface area contributed by atoms with E-state index in [0.29, 0.717) is 12.4 Å². The van der Waals surface area contributed by atoms with Gasteiger partial charge in [-0.05, 0) is 19.8 Å². The second-order valence-electron chi connectivity index (χ2n) is 3.59. The molecule has 96 valence electrons. The molecule has 1 aromatic rings. The summed E-state index contributed by atoms with van der Waals surface area (Å²) in [4.78, 5) is 15.4. The molecule has 0 atom stereocenters. The molecule has 0 saturated carbocycles. The van der Waals surface area contributed by atoms with Gasteiger partial charge in [0.05, 0.1) is 12.9 Å². The first-order valence-corrected chi connectivity index (χ1v) is 5.67. The van der Waals surface area contributed by atoms with Gasteiger partial charge in [0.25, 0.3) is 0 Å². The molecule has 0 spiro atoms. The first-order valence-electron chi connectivity index (χ1n) is 5.67. The van der Waals surface area contributed by atoms with Crippen molar-refractivity contribution < 1.29 is 14.3 Å². The zero-order valence-corrected chi connectivity index (χ0v) is 10.3. The van der Waals surface area contributed by atoms with Gasteiger partial charge in [-0.15, -0.1) is 0 Å². The highest BCUT2D eigenvalue weighted by Gasteiger charge is 2.16. The fraction of sp³-hybridized carbons (Fsp3) is 0.636. The number of carbonyl (C=O) groups excluding carboxylic acids is 1. The van der Waals surface area contributed by atoms with Gasteiger partial charge in [0, 0.05) is 20.3 Å². The lowest BCUT2D eigenvalue weighted by atomic mass is 10.3. The number of hydrogen-bond donors (Lipinski definition) is 1. The Morgan fingerprint density at radius 1 is 1.53 bits per heavy atom. The van der Waals surface area contributed by atoms with Gasteiger partial charge in [0.1, 0.15) is 5.82 Å². The molecule has 17 heavy (non-hydrogen) atoms. The molecule has 0 radical (unpaired) electrons. The molecular formula is C11H19N3O3. The molecule has 0 bridgehead atoms. The number of hydrogen-bond acceptors (Lipinski definition) is 5. The lowest BCUT2D eigenvalue weighted by Gasteiger charge is -2.05. The number of methoxy groups -OCH3 is 1. The summed E-state index contributed by atoms with van der Waals surface area (Å²) in [5.74, 6) is -0.110. The van der Waals surface area contributed by atoms with Crippen LogP contribution in [0.15, 0.2) is 6.33 Å². The Morgan fingerprint density at radius 2 is 2.29 bits per heavy atom. The van der Waals surface area contributed by atoms with Crippen LogP contribution >= 0.6 is 0 Å². The lowest BCUT2D eigenvalue weighted by molar-refractivity contribution is 0.0521. The van der Waals surface area contributed by atoms with Crippen LogP contribution in [0.1, 0.15) is 30.3 Å². The van der Waals surface area contributed by atoms with Gasteiger partial charge >= 0.3 is 5.97 Å². The van der Waals surface area contributed by atoms with E-state index >= 15 is 0 Å². The Balaban J connectivity index is 2.54. The average Bonchev–Trinajstić information content (AvgIpc) is 2.67. The summed E-state index contributed by atoms with van der Waals surface area (Å²) in [6.07, 6.45) is 3.44. The molecule has 6 heteroatoms. The number of nitrogens with zero attached hydrogens (tertiary/aromatic N) is 2. The molecule has 0 unspecified atom stereocenters. The monoisotopic (exact) mass is 241 g/mol. The number of ether oxygens (including phenoxy) is 2. The van der Waals surface area contributed by atoms with Gasteiger partial charge in [-0.2, -0.15) is 0 Å². The summed E-state index contributed by atoms with van der Waals surface area (Å²) >= 11 is 0. The minimum atomic E-state index is -0.472. The number of esters is 1. The normalized spacial score (nSPS) is 10.5. The van der Waals surface area contributed by atoms with Crippen molar-refractivity contribution in [3.05, 3.63) is 12.0 Å². The smallest absolute Gasteiger partial charge is 0.360 e. The Kier molecular flexibility index (Phi) is 5.48. The summed E-state index contributed by atoms with van der Waals surface area (Å²) in [5.41, 5.74) is 6.01. The van der Waals surface area contributed by atoms with Crippen LogP contribution in [0.2, 0.25) is 0 Å². The van der Waals surface area contributed by atoms with E-state index in [1.807, 2.05) is 0 Å². The molecule has 0 aliphatic carbocycles. The van der Waals surface area contributed by atoms with Crippen molar-refractivity contribution in [3.8, 4) is 0 Å². The standard InChI is InChI=1S/C11H19N3O3/c1-3-17-11(15)9-10(12)14(8-13-9)6-4-5-7-16-2/h8H,3-7,12H2,1-2H3. The summed E-state index contributed by atoms with van der Waals surface area (Å²) in [5, 5.41) is 0. The summed E-state index contributed by atoms with van der Waals surface area (Å²) in [6.45, 7) is 3.51. The maximum Gasteiger partial charge on any atom is 0.360 e. The summed E-state index contributed by atoms with van der Waals surface area (Å²) in [7, 11) is 1.67. The maximum atomic E-state index is 11.5. The van der Waals surface area contributed by atoms with E-state index in [1.165, 1.54) is 0 Å². The zero-order valence-electron chi connectivity index (χ0n) is 10.3. The number of unbranched alkanes of at least 4 members (excludes halogenated alkanes) is 1. The first-order chi connectivity index (χ1) is 8.20. The predicted octanol–water partition coefficient (Wildman–Crippen LogP) is 1.07. The highest BCUT2D eigenvalue weighted by molar-refractivity contribution is 5.92. The second-order valence-corrected chi connectivity index (χ2v) is 3.59. The van der Waals surface area contributed by atoms with Crippen LogP contribution in [-0.2, 0) is 16.0 Å². The van der Waals surface area contributed by atoms with Crippen molar-refractivity contribution in [1.82, 2.24) is 9.55 Å². The molecule has 0 saturated heterocycles. The number of anilines is 1. The van der Waals surface area contributed by atoms with Crippen LogP contribution in [0, 0.1) is 0 Å². The number of aromatic nitrogens is 2. The van der Waals surface area contributed by atoms with Gasteiger partial charge in [0.15, 0.2) is 5.69 Å². The average molecular weight is 241 g/mol. The number of carbonyl (C=O) groups is 1. The van der Waals surface area contributed by atoms with Crippen molar-refractivity contribution in [2.45, 2.75) is 26.3 Å². The minimum Gasteiger partial charge on any atom is -0.461 e. The molecule has 6 nitrogen and oxygen atoms in total. The third kappa shape index (κ3) is 3.74. The lowest BCUT2D eigenvalue weighted by Crippen LogP contribution is -2.10. The number of nitrogen functional groups attached to an aromatic ring is 1. The molecule has 0 amide bonds. The highest BCUT2D eigenvalue weighted by Crippen LogP contribution is 2.12. The van der Waals surface area contributed by atoms with Crippen LogP contribution in [0.3, 0.4) is 0 Å². The quantitative estimate of drug-likeness (QED) is 0.570. The largest absolute Gasteiger partial charge is 0.461 e. The van der Waals surface area contributed by atoms with E-state index in [1.54, 1.807) is 24.9 Å². The molecular weight excluding hydrogens is 222 g/mol. The zero-order chi connectivity index (χ0) is 12.7. The fourth-order valence-electron chi connectivity index (χ4n) is 1.46. The van der Waals surface area contributed by atoms with Crippen LogP contribution < -0.4 is 5.73 Å². The van der Waals surface area contributed by atoms with E-state index in [2.05, 4.69) is 4.98 Å². The Bertz CT molecular complexity index is 363. The van der Waals surface area contributed by atoms with Gasteiger partial charge in [-0.3, -0.25) is 0 Å². The number of aryl methyl sites for hydroxylation is 1. The molecule has 2 N–H and O–H groups in total. The summed E-state index contributed by atoms with van der Waals surface area (Å²) in [6, 6.07) is 0. The van der Waals surface area contributed by atoms with E-state index in [0.717, 1.165) is 26.0 Å². The van der Waals surface area contributed by atoms with Crippen LogP contribution in [0.5, 0.6) is 0 Å². The van der Waals surface area contributed by atoms with Gasteiger partial charge in [0.2, 0.25) is 0 Å². The second kappa shape index (κ2) is 6.90. The number of nitrogens with two attached hydrogens (primary N) is 1. The molecule has 0 fully saturated rings. The van der Waals surface area contributed by atoms with Crippen molar-refractivity contribution >= 4 is 11.8 Å². The van der Waals surface area contributed by atoms with Gasteiger partial charge in [-0.1, -0.05) is 0 Å². The maximum absolute atomic E-state index is 11.5. The van der Waals surface area contributed by atoms with Crippen LogP contribution in [-0.4, -0.2) is 35.8 Å². The Hall–Kier alpha value is -1.56. The van der Waals surface area contributed by atoms with Crippen molar-refractivity contribution in [2.24, 2.45) is 0 Å². The highest BCUT2D eigenvalue weighted by atomic mass is 16.5. The molecule has 1 aromatic heterocycles. The first kappa shape index (κ1) is 13.5. The van der Waals surface area contributed by atoms with Crippen molar-refractivity contribution in [1.29, 1.82) is 0 Å². The minimum absolute atomic E-state index is 0.193. The van der Waals surface area contributed by atoms with Gasteiger partial charge in [-0.25, -0.2) is 9.78 Å². The number of imidazole rings is 1. The van der Waals surface area contributed by atoms with Crippen molar-refractivity contribution in [2.75, 3.05) is 26.1 Å².